The van der Waals surface area contributed by atoms with E-state index in [1.807, 2.05) is 18.2 Å². The molecule has 2 aliphatic heterocycles. The smallest absolute Gasteiger partial charge is 0.240 e. The van der Waals surface area contributed by atoms with Crippen LogP contribution in [0.4, 0.5) is 0 Å². The number of ether oxygens (including phenoxy) is 2. The molecule has 1 aromatic rings. The van der Waals surface area contributed by atoms with Crippen molar-refractivity contribution in [3.05, 3.63) is 35.9 Å². The van der Waals surface area contributed by atoms with E-state index in [0.29, 0.717) is 38.5 Å². The molecule has 2 aliphatic rings. The maximum absolute atomic E-state index is 12.5. The molecule has 23 heavy (non-hydrogen) atoms. The van der Waals surface area contributed by atoms with Gasteiger partial charge in [-0.1, -0.05) is 30.3 Å². The van der Waals surface area contributed by atoms with Gasteiger partial charge in [-0.15, -0.1) is 0 Å². The van der Waals surface area contributed by atoms with E-state index in [-0.39, 0.29) is 12.0 Å². The molecule has 0 radical (unpaired) electrons. The zero-order chi connectivity index (χ0) is 16.1. The summed E-state index contributed by atoms with van der Waals surface area (Å²) < 4.78 is 11.3. The van der Waals surface area contributed by atoms with Crippen LogP contribution in [0.3, 0.4) is 0 Å². The van der Waals surface area contributed by atoms with Crippen LogP contribution in [-0.2, 0) is 14.3 Å². The first-order valence-electron chi connectivity index (χ1n) is 8.50. The Morgan fingerprint density at radius 3 is 2.70 bits per heavy atom. The number of benzene rings is 1. The molecule has 2 fully saturated rings. The summed E-state index contributed by atoms with van der Waals surface area (Å²) in [4.78, 5) is 12.5. The Morgan fingerprint density at radius 1 is 1.22 bits per heavy atom. The van der Waals surface area contributed by atoms with Gasteiger partial charge in [-0.05, 0) is 31.2 Å². The normalized spacial score (nSPS) is 27.3. The van der Waals surface area contributed by atoms with Crippen LogP contribution in [-0.4, -0.2) is 37.8 Å². The Labute approximate surface area is 137 Å². The van der Waals surface area contributed by atoms with Gasteiger partial charge in [0.05, 0.1) is 11.6 Å². The summed E-state index contributed by atoms with van der Waals surface area (Å²) in [5, 5.41) is 3.06. The van der Waals surface area contributed by atoms with Gasteiger partial charge in [0.2, 0.25) is 5.91 Å². The molecular weight excluding hydrogens is 292 g/mol. The summed E-state index contributed by atoms with van der Waals surface area (Å²) in [6.07, 6.45) is 3.31. The molecule has 2 saturated heterocycles. The Morgan fingerprint density at radius 2 is 1.96 bits per heavy atom. The summed E-state index contributed by atoms with van der Waals surface area (Å²) in [7, 11) is 0. The molecule has 0 bridgehead atoms. The quantitative estimate of drug-likeness (QED) is 0.887. The molecule has 0 saturated carbocycles. The highest BCUT2D eigenvalue weighted by atomic mass is 16.5. The molecule has 126 valence electrons. The van der Waals surface area contributed by atoms with Crippen molar-refractivity contribution in [2.24, 2.45) is 11.7 Å². The van der Waals surface area contributed by atoms with E-state index < -0.39 is 5.54 Å². The summed E-state index contributed by atoms with van der Waals surface area (Å²) in [6.45, 7) is 2.51. The first kappa shape index (κ1) is 16.4. The van der Waals surface area contributed by atoms with Crippen molar-refractivity contribution in [1.82, 2.24) is 5.32 Å². The predicted molar refractivity (Wildman–Crippen MR) is 87.8 cm³/mol. The lowest BCUT2D eigenvalue weighted by Crippen LogP contribution is -2.57. The highest BCUT2D eigenvalue weighted by Crippen LogP contribution is 2.33. The van der Waals surface area contributed by atoms with Crippen molar-refractivity contribution in [3.63, 3.8) is 0 Å². The van der Waals surface area contributed by atoms with E-state index in [0.717, 1.165) is 19.4 Å². The van der Waals surface area contributed by atoms with Gasteiger partial charge in [0.1, 0.15) is 0 Å². The molecule has 0 aliphatic carbocycles. The van der Waals surface area contributed by atoms with Gasteiger partial charge >= 0.3 is 0 Å². The van der Waals surface area contributed by atoms with Crippen molar-refractivity contribution in [3.8, 4) is 0 Å². The summed E-state index contributed by atoms with van der Waals surface area (Å²) in [5.41, 5.74) is 6.64. The lowest BCUT2D eigenvalue weighted by Gasteiger charge is -2.35. The minimum atomic E-state index is -0.782. The average Bonchev–Trinajstić information content (AvgIpc) is 2.61. The van der Waals surface area contributed by atoms with E-state index in [1.165, 1.54) is 5.56 Å². The molecule has 2 heterocycles. The van der Waals surface area contributed by atoms with E-state index in [2.05, 4.69) is 17.4 Å². The van der Waals surface area contributed by atoms with Crippen molar-refractivity contribution in [2.75, 3.05) is 26.4 Å². The molecule has 1 aromatic carbocycles. The Hall–Kier alpha value is -1.43. The lowest BCUT2D eigenvalue weighted by atomic mass is 9.87. The van der Waals surface area contributed by atoms with Gasteiger partial charge in [0.15, 0.2) is 0 Å². The summed E-state index contributed by atoms with van der Waals surface area (Å²) in [5.74, 6) is 0.233. The van der Waals surface area contributed by atoms with Gasteiger partial charge in [-0.2, -0.15) is 0 Å². The largest absolute Gasteiger partial charge is 0.381 e. The zero-order valence-corrected chi connectivity index (χ0v) is 13.5. The first-order chi connectivity index (χ1) is 11.2. The van der Waals surface area contributed by atoms with Crippen LogP contribution < -0.4 is 11.1 Å². The maximum atomic E-state index is 12.5. The number of rotatable bonds is 4. The number of nitrogens with two attached hydrogens (primary N) is 1. The molecule has 0 spiro atoms. The van der Waals surface area contributed by atoms with Crippen molar-refractivity contribution < 1.29 is 14.3 Å². The van der Waals surface area contributed by atoms with Gasteiger partial charge < -0.3 is 20.5 Å². The van der Waals surface area contributed by atoms with Crippen LogP contribution in [0.15, 0.2) is 30.3 Å². The molecule has 3 rings (SSSR count). The Bertz CT molecular complexity index is 514. The van der Waals surface area contributed by atoms with E-state index in [4.69, 9.17) is 15.2 Å². The van der Waals surface area contributed by atoms with E-state index in [9.17, 15) is 4.79 Å². The number of carbonyl (C=O) groups excluding carboxylic acids is 1. The minimum absolute atomic E-state index is 0.0497. The highest BCUT2D eigenvalue weighted by molar-refractivity contribution is 5.86. The van der Waals surface area contributed by atoms with Gasteiger partial charge in [-0.3, -0.25) is 4.79 Å². The SMILES string of the molecule is NC1(C(=O)NCC2CCCOC2c2ccccc2)CCOCC1. The number of hydrogen-bond donors (Lipinski definition) is 2. The molecule has 1 amide bonds. The van der Waals surface area contributed by atoms with E-state index >= 15 is 0 Å². The molecule has 3 N–H and O–H groups in total. The number of carbonyl (C=O) groups is 1. The van der Waals surface area contributed by atoms with Gasteiger partial charge in [0, 0.05) is 32.3 Å². The Kier molecular flexibility index (Phi) is 5.30. The summed E-state index contributed by atoms with van der Waals surface area (Å²) >= 11 is 0. The van der Waals surface area contributed by atoms with Gasteiger partial charge in [0.25, 0.3) is 0 Å². The first-order valence-corrected chi connectivity index (χ1v) is 8.50. The predicted octanol–water partition coefficient (Wildman–Crippen LogP) is 1.78. The Balaban J connectivity index is 1.60. The van der Waals surface area contributed by atoms with Gasteiger partial charge in [-0.25, -0.2) is 0 Å². The monoisotopic (exact) mass is 318 g/mol. The standard InChI is InChI=1S/C18H26N2O3/c19-18(8-11-22-12-9-18)17(21)20-13-15-7-4-10-23-16(15)14-5-2-1-3-6-14/h1-3,5-6,15-16H,4,7-13,19H2,(H,20,21). The zero-order valence-electron chi connectivity index (χ0n) is 13.5. The third kappa shape index (κ3) is 3.91. The lowest BCUT2D eigenvalue weighted by molar-refractivity contribution is -0.130. The molecule has 5 heteroatoms. The topological polar surface area (TPSA) is 73.6 Å². The molecule has 0 aromatic heterocycles. The minimum Gasteiger partial charge on any atom is -0.381 e. The van der Waals surface area contributed by atoms with Crippen molar-refractivity contribution in [2.45, 2.75) is 37.3 Å². The molecule has 2 unspecified atom stereocenters. The summed E-state index contributed by atoms with van der Waals surface area (Å²) in [6, 6.07) is 10.2. The van der Waals surface area contributed by atoms with Crippen LogP contribution in [0.5, 0.6) is 0 Å². The fourth-order valence-corrected chi connectivity index (χ4v) is 3.43. The number of amides is 1. The number of hydrogen-bond acceptors (Lipinski definition) is 4. The van der Waals surface area contributed by atoms with Crippen LogP contribution in [0.2, 0.25) is 0 Å². The second-order valence-electron chi connectivity index (χ2n) is 6.58. The third-order valence-electron chi connectivity index (χ3n) is 4.93. The van der Waals surface area contributed by atoms with Crippen LogP contribution in [0.25, 0.3) is 0 Å². The molecule has 5 nitrogen and oxygen atoms in total. The van der Waals surface area contributed by atoms with E-state index in [1.54, 1.807) is 0 Å². The third-order valence-corrected chi connectivity index (χ3v) is 4.93. The molecule has 2 atom stereocenters. The molecular formula is C18H26N2O3. The fraction of sp³-hybridized carbons (Fsp3) is 0.611. The van der Waals surface area contributed by atoms with Crippen LogP contribution in [0.1, 0.15) is 37.4 Å². The maximum Gasteiger partial charge on any atom is 0.240 e. The fourth-order valence-electron chi connectivity index (χ4n) is 3.43. The highest BCUT2D eigenvalue weighted by Gasteiger charge is 2.36. The second kappa shape index (κ2) is 7.43. The second-order valence-corrected chi connectivity index (χ2v) is 6.58. The van der Waals surface area contributed by atoms with Crippen LogP contribution >= 0.6 is 0 Å². The van der Waals surface area contributed by atoms with Crippen LogP contribution in [0, 0.1) is 5.92 Å². The van der Waals surface area contributed by atoms with Crippen molar-refractivity contribution >= 4 is 5.91 Å². The number of nitrogens with one attached hydrogen (secondary N) is 1. The average molecular weight is 318 g/mol. The van der Waals surface area contributed by atoms with Crippen molar-refractivity contribution in [1.29, 1.82) is 0 Å².